The van der Waals surface area contributed by atoms with Crippen LogP contribution in [0, 0.1) is 0 Å². The summed E-state index contributed by atoms with van der Waals surface area (Å²) in [6.07, 6.45) is 4.12. The highest BCUT2D eigenvalue weighted by molar-refractivity contribution is 5.98. The summed E-state index contributed by atoms with van der Waals surface area (Å²) in [7, 11) is 4.05. The molecule has 1 aliphatic rings. The first kappa shape index (κ1) is 21.1. The van der Waals surface area contributed by atoms with E-state index in [0.717, 1.165) is 42.4 Å². The highest BCUT2D eigenvalue weighted by atomic mass is 16.3. The third-order valence-electron chi connectivity index (χ3n) is 5.71. The first-order valence-corrected chi connectivity index (χ1v) is 10.3. The van der Waals surface area contributed by atoms with Crippen molar-refractivity contribution < 1.29 is 14.7 Å². The Balaban J connectivity index is 1.60. The highest BCUT2D eigenvalue weighted by Crippen LogP contribution is 2.28. The Kier molecular flexibility index (Phi) is 7.04. The lowest BCUT2D eigenvalue weighted by atomic mass is 9.97. The minimum absolute atomic E-state index is 0.0247. The number of nitrogens with one attached hydrogen (secondary N) is 1. The van der Waals surface area contributed by atoms with Gasteiger partial charge in [-0.3, -0.25) is 9.59 Å². The van der Waals surface area contributed by atoms with Gasteiger partial charge in [-0.1, -0.05) is 36.4 Å². The summed E-state index contributed by atoms with van der Waals surface area (Å²) in [6.45, 7) is 0. The van der Waals surface area contributed by atoms with Crippen LogP contribution >= 0.6 is 0 Å². The third-order valence-corrected chi connectivity index (χ3v) is 5.71. The topological polar surface area (TPSA) is 69.6 Å². The maximum Gasteiger partial charge on any atom is 0.220 e. The molecule has 0 aromatic heterocycles. The zero-order valence-electron chi connectivity index (χ0n) is 17.2. The largest absolute Gasteiger partial charge is 0.508 e. The monoisotopic (exact) mass is 394 g/mol. The summed E-state index contributed by atoms with van der Waals surface area (Å²) in [4.78, 5) is 27.1. The van der Waals surface area contributed by atoms with E-state index in [-0.39, 0.29) is 29.5 Å². The summed E-state index contributed by atoms with van der Waals surface area (Å²) >= 11 is 0. The van der Waals surface area contributed by atoms with Crippen molar-refractivity contribution >= 4 is 11.7 Å². The van der Waals surface area contributed by atoms with Crippen molar-refractivity contribution in [1.29, 1.82) is 0 Å². The summed E-state index contributed by atoms with van der Waals surface area (Å²) < 4.78 is 0. The second kappa shape index (κ2) is 9.70. The minimum Gasteiger partial charge on any atom is -0.508 e. The predicted octanol–water partition coefficient (Wildman–Crippen LogP) is 3.87. The van der Waals surface area contributed by atoms with Crippen molar-refractivity contribution in [1.82, 2.24) is 10.2 Å². The van der Waals surface area contributed by atoms with Gasteiger partial charge in [0.25, 0.3) is 0 Å². The number of nitrogens with zero attached hydrogens (tertiary/aromatic N) is 1. The first-order chi connectivity index (χ1) is 13.9. The Hall–Kier alpha value is -2.66. The first-order valence-electron chi connectivity index (χ1n) is 10.3. The van der Waals surface area contributed by atoms with Crippen molar-refractivity contribution in [3.8, 4) is 5.75 Å². The van der Waals surface area contributed by atoms with Gasteiger partial charge in [-0.15, -0.1) is 0 Å². The number of phenolic OH excluding ortho intramolecular Hbond substituents is 1. The van der Waals surface area contributed by atoms with E-state index in [0.29, 0.717) is 12.8 Å². The molecule has 0 saturated heterocycles. The van der Waals surface area contributed by atoms with E-state index in [1.165, 1.54) is 0 Å². The molecule has 2 unspecified atom stereocenters. The van der Waals surface area contributed by atoms with Crippen LogP contribution in [0.15, 0.2) is 48.5 Å². The predicted molar refractivity (Wildman–Crippen MR) is 114 cm³/mol. The van der Waals surface area contributed by atoms with E-state index >= 15 is 0 Å². The number of fused-ring (bicyclic) bond motifs is 1. The van der Waals surface area contributed by atoms with Crippen LogP contribution in [0.25, 0.3) is 0 Å². The molecule has 2 N–H and O–H groups in total. The number of rotatable bonds is 7. The Morgan fingerprint density at radius 1 is 1.17 bits per heavy atom. The van der Waals surface area contributed by atoms with E-state index in [1.54, 1.807) is 12.1 Å². The number of hydrogen-bond donors (Lipinski definition) is 2. The number of aromatic hydroxyl groups is 1. The zero-order chi connectivity index (χ0) is 20.8. The molecule has 0 radical (unpaired) electrons. The van der Waals surface area contributed by atoms with E-state index in [2.05, 4.69) is 10.2 Å². The third kappa shape index (κ3) is 5.67. The molecule has 0 fully saturated rings. The average molecular weight is 395 g/mol. The summed E-state index contributed by atoms with van der Waals surface area (Å²) in [5.41, 5.74) is 2.82. The second-order valence-corrected chi connectivity index (χ2v) is 8.05. The fraction of sp³-hybridized carbons (Fsp3) is 0.417. The number of amides is 1. The molecule has 2 aromatic rings. The SMILES string of the molecule is CN(C)C(CCC(=O)NC1CCCC(=O)c2ccccc21)Cc1ccc(O)cc1. The van der Waals surface area contributed by atoms with Gasteiger partial charge < -0.3 is 15.3 Å². The normalized spacial score (nSPS) is 17.5. The second-order valence-electron chi connectivity index (χ2n) is 8.05. The van der Waals surface area contributed by atoms with Crippen LogP contribution in [-0.2, 0) is 11.2 Å². The molecule has 2 aromatic carbocycles. The van der Waals surface area contributed by atoms with Gasteiger partial charge in [0, 0.05) is 24.4 Å². The molecule has 0 heterocycles. The molecular weight excluding hydrogens is 364 g/mol. The number of phenols is 1. The molecular formula is C24H30N2O3. The molecule has 5 heteroatoms. The van der Waals surface area contributed by atoms with Crippen LogP contribution in [0.3, 0.4) is 0 Å². The molecule has 0 spiro atoms. The van der Waals surface area contributed by atoms with E-state index < -0.39 is 0 Å². The Morgan fingerprint density at radius 2 is 1.90 bits per heavy atom. The highest BCUT2D eigenvalue weighted by Gasteiger charge is 2.24. The number of hydrogen-bond acceptors (Lipinski definition) is 4. The summed E-state index contributed by atoms with van der Waals surface area (Å²) in [5.74, 6) is 0.451. The molecule has 5 nitrogen and oxygen atoms in total. The number of benzene rings is 2. The van der Waals surface area contributed by atoms with Crippen LogP contribution in [0.4, 0.5) is 0 Å². The van der Waals surface area contributed by atoms with Gasteiger partial charge in [0.05, 0.1) is 6.04 Å². The standard InChI is InChI=1S/C24H30N2O3/c1-26(2)18(16-17-10-13-19(27)14-11-17)12-15-24(29)25-22-8-5-9-23(28)21-7-4-3-6-20(21)22/h3-4,6-7,10-11,13-14,18,22,27H,5,8-9,12,15-16H2,1-2H3,(H,25,29). The van der Waals surface area contributed by atoms with Gasteiger partial charge in [0.2, 0.25) is 5.91 Å². The summed E-state index contributed by atoms with van der Waals surface area (Å²) in [6, 6.07) is 15.0. The lowest BCUT2D eigenvalue weighted by Crippen LogP contribution is -2.33. The molecule has 29 heavy (non-hydrogen) atoms. The van der Waals surface area contributed by atoms with Crippen molar-refractivity contribution in [2.75, 3.05) is 14.1 Å². The number of carbonyl (C=O) groups is 2. The molecule has 3 rings (SSSR count). The summed E-state index contributed by atoms with van der Waals surface area (Å²) in [5, 5.41) is 12.6. The van der Waals surface area contributed by atoms with E-state index in [4.69, 9.17) is 0 Å². The molecule has 1 amide bonds. The quantitative estimate of drug-likeness (QED) is 0.700. The van der Waals surface area contributed by atoms with Crippen LogP contribution in [-0.4, -0.2) is 41.8 Å². The average Bonchev–Trinajstić information content (AvgIpc) is 2.86. The van der Waals surface area contributed by atoms with E-state index in [9.17, 15) is 14.7 Å². The molecule has 1 aliphatic carbocycles. The molecule has 2 atom stereocenters. The maximum atomic E-state index is 12.7. The van der Waals surface area contributed by atoms with Gasteiger partial charge in [0.15, 0.2) is 5.78 Å². The Bertz CT molecular complexity index is 845. The van der Waals surface area contributed by atoms with Crippen LogP contribution in [0.5, 0.6) is 5.75 Å². The van der Waals surface area contributed by atoms with E-state index in [1.807, 2.05) is 50.5 Å². The fourth-order valence-corrected chi connectivity index (χ4v) is 3.97. The number of ketones is 1. The number of likely N-dealkylation sites (N-methyl/N-ethyl adjacent to an activating group) is 1. The number of carbonyl (C=O) groups excluding carboxylic acids is 2. The van der Waals surface area contributed by atoms with Crippen LogP contribution in [0.1, 0.15) is 59.6 Å². The van der Waals surface area contributed by atoms with Crippen LogP contribution < -0.4 is 5.32 Å². The minimum atomic E-state index is -0.0972. The van der Waals surface area contributed by atoms with Gasteiger partial charge in [-0.05, 0) is 63.0 Å². The molecule has 0 bridgehead atoms. The van der Waals surface area contributed by atoms with Gasteiger partial charge in [-0.2, -0.15) is 0 Å². The van der Waals surface area contributed by atoms with Gasteiger partial charge in [-0.25, -0.2) is 0 Å². The molecule has 0 aliphatic heterocycles. The Labute approximate surface area is 172 Å². The van der Waals surface area contributed by atoms with Gasteiger partial charge in [0.1, 0.15) is 5.75 Å². The smallest absolute Gasteiger partial charge is 0.220 e. The Morgan fingerprint density at radius 3 is 2.62 bits per heavy atom. The molecule has 154 valence electrons. The molecule has 0 saturated carbocycles. The van der Waals surface area contributed by atoms with Crippen molar-refractivity contribution in [2.45, 2.75) is 50.6 Å². The lowest BCUT2D eigenvalue weighted by Gasteiger charge is -2.25. The fourth-order valence-electron chi connectivity index (χ4n) is 3.97. The number of Topliss-reactive ketones (excluding diaryl/α,β-unsaturated/α-hetero) is 1. The van der Waals surface area contributed by atoms with Crippen molar-refractivity contribution in [2.24, 2.45) is 0 Å². The maximum absolute atomic E-state index is 12.7. The lowest BCUT2D eigenvalue weighted by molar-refractivity contribution is -0.122. The zero-order valence-corrected chi connectivity index (χ0v) is 17.2. The van der Waals surface area contributed by atoms with Crippen molar-refractivity contribution in [3.63, 3.8) is 0 Å². The van der Waals surface area contributed by atoms with Crippen LogP contribution in [0.2, 0.25) is 0 Å². The van der Waals surface area contributed by atoms with Gasteiger partial charge >= 0.3 is 0 Å². The van der Waals surface area contributed by atoms with Crippen molar-refractivity contribution in [3.05, 3.63) is 65.2 Å².